The SMILES string of the molecule is C/C(=N\NC(=O)c1cc2ccccc2cc1O)c1cc2cc(Br)ccc2oc1=O. The first-order chi connectivity index (χ1) is 13.9. The van der Waals surface area contributed by atoms with Crippen molar-refractivity contribution in [3.05, 3.63) is 86.7 Å². The molecule has 4 rings (SSSR count). The van der Waals surface area contributed by atoms with Gasteiger partial charge in [0.2, 0.25) is 0 Å². The lowest BCUT2D eigenvalue weighted by Crippen LogP contribution is -2.21. The Kier molecular flexibility index (Phi) is 4.90. The molecule has 7 heteroatoms. The smallest absolute Gasteiger partial charge is 0.345 e. The summed E-state index contributed by atoms with van der Waals surface area (Å²) in [7, 11) is 0. The predicted octanol–water partition coefficient (Wildman–Crippen LogP) is 4.57. The van der Waals surface area contributed by atoms with Gasteiger partial charge < -0.3 is 9.52 Å². The molecule has 1 aromatic heterocycles. The molecule has 0 aliphatic rings. The fraction of sp³-hybridized carbons (Fsp3) is 0.0455. The Morgan fingerprint density at radius 2 is 1.69 bits per heavy atom. The number of nitrogens with one attached hydrogen (secondary N) is 1. The number of halogens is 1. The number of benzene rings is 3. The van der Waals surface area contributed by atoms with Crippen molar-refractivity contribution in [3.8, 4) is 5.75 Å². The van der Waals surface area contributed by atoms with E-state index in [-0.39, 0.29) is 22.6 Å². The molecular weight excluding hydrogens is 436 g/mol. The molecule has 144 valence electrons. The van der Waals surface area contributed by atoms with Crippen LogP contribution in [0.2, 0.25) is 0 Å². The maximum absolute atomic E-state index is 12.5. The summed E-state index contributed by atoms with van der Waals surface area (Å²) in [4.78, 5) is 24.8. The maximum Gasteiger partial charge on any atom is 0.345 e. The Morgan fingerprint density at radius 3 is 2.45 bits per heavy atom. The van der Waals surface area contributed by atoms with Crippen molar-refractivity contribution >= 4 is 49.3 Å². The lowest BCUT2D eigenvalue weighted by atomic mass is 10.1. The van der Waals surface area contributed by atoms with E-state index in [4.69, 9.17) is 4.42 Å². The molecule has 6 nitrogen and oxygen atoms in total. The monoisotopic (exact) mass is 450 g/mol. The number of hydrogen-bond acceptors (Lipinski definition) is 5. The van der Waals surface area contributed by atoms with Gasteiger partial charge in [-0.3, -0.25) is 4.79 Å². The van der Waals surface area contributed by atoms with Crippen LogP contribution in [0.3, 0.4) is 0 Å². The highest BCUT2D eigenvalue weighted by atomic mass is 79.9. The van der Waals surface area contributed by atoms with E-state index in [0.717, 1.165) is 20.6 Å². The molecule has 29 heavy (non-hydrogen) atoms. The molecule has 0 fully saturated rings. The molecule has 4 aromatic rings. The van der Waals surface area contributed by atoms with E-state index >= 15 is 0 Å². The molecule has 3 aromatic carbocycles. The summed E-state index contributed by atoms with van der Waals surface area (Å²) < 4.78 is 6.16. The van der Waals surface area contributed by atoms with E-state index in [2.05, 4.69) is 26.5 Å². The van der Waals surface area contributed by atoms with Gasteiger partial charge in [0.1, 0.15) is 11.3 Å². The van der Waals surface area contributed by atoms with E-state index in [1.165, 1.54) is 6.07 Å². The normalized spacial score (nSPS) is 11.7. The van der Waals surface area contributed by atoms with Gasteiger partial charge in [-0.15, -0.1) is 0 Å². The van der Waals surface area contributed by atoms with Gasteiger partial charge in [-0.2, -0.15) is 5.10 Å². The quantitative estimate of drug-likeness (QED) is 0.271. The zero-order valence-electron chi connectivity index (χ0n) is 15.3. The van der Waals surface area contributed by atoms with Crippen LogP contribution in [-0.2, 0) is 0 Å². The lowest BCUT2D eigenvalue weighted by Gasteiger charge is -2.07. The third kappa shape index (κ3) is 3.77. The first kappa shape index (κ1) is 18.9. The van der Waals surface area contributed by atoms with Crippen molar-refractivity contribution < 1.29 is 14.3 Å². The largest absolute Gasteiger partial charge is 0.507 e. The summed E-state index contributed by atoms with van der Waals surface area (Å²) in [5.74, 6) is -0.732. The summed E-state index contributed by atoms with van der Waals surface area (Å²) in [5, 5.41) is 16.5. The number of hydrazone groups is 1. The second-order valence-corrected chi connectivity index (χ2v) is 7.40. The number of phenols is 1. The van der Waals surface area contributed by atoms with Crippen molar-refractivity contribution in [2.75, 3.05) is 0 Å². The number of nitrogens with zero attached hydrogens (tertiary/aromatic N) is 1. The third-order valence-electron chi connectivity index (χ3n) is 4.52. The van der Waals surface area contributed by atoms with E-state index in [0.29, 0.717) is 5.58 Å². The topological polar surface area (TPSA) is 91.9 Å². The van der Waals surface area contributed by atoms with Gasteiger partial charge in [0.15, 0.2) is 0 Å². The maximum atomic E-state index is 12.5. The average Bonchev–Trinajstić information content (AvgIpc) is 2.71. The van der Waals surface area contributed by atoms with E-state index in [1.54, 1.807) is 31.2 Å². The Hall–Kier alpha value is -3.45. The van der Waals surface area contributed by atoms with Crippen LogP contribution >= 0.6 is 15.9 Å². The number of phenolic OH excluding ortho intramolecular Hbond substituents is 1. The lowest BCUT2D eigenvalue weighted by molar-refractivity contribution is 0.0952. The van der Waals surface area contributed by atoms with E-state index < -0.39 is 11.5 Å². The van der Waals surface area contributed by atoms with Crippen LogP contribution in [-0.4, -0.2) is 16.7 Å². The molecule has 1 heterocycles. The van der Waals surface area contributed by atoms with E-state index in [1.807, 2.05) is 30.3 Å². The zero-order valence-corrected chi connectivity index (χ0v) is 16.9. The summed E-state index contributed by atoms with van der Waals surface area (Å²) >= 11 is 3.38. The summed E-state index contributed by atoms with van der Waals surface area (Å²) in [6.07, 6.45) is 0. The van der Waals surface area contributed by atoms with Crippen molar-refractivity contribution in [1.29, 1.82) is 0 Å². The van der Waals surface area contributed by atoms with Crippen LogP contribution in [0.5, 0.6) is 5.75 Å². The summed E-state index contributed by atoms with van der Waals surface area (Å²) in [6.45, 7) is 1.59. The molecule has 0 atom stereocenters. The second-order valence-electron chi connectivity index (χ2n) is 6.48. The number of hydrogen-bond donors (Lipinski definition) is 2. The molecule has 0 aliphatic carbocycles. The van der Waals surface area contributed by atoms with Crippen LogP contribution in [0.25, 0.3) is 21.7 Å². The van der Waals surface area contributed by atoms with Crippen LogP contribution in [0.4, 0.5) is 0 Å². The standard InChI is InChI=1S/C22H15BrN2O4/c1-12(17-10-15-8-16(23)6-7-20(15)29-22(17)28)24-25-21(27)18-9-13-4-2-3-5-14(13)11-19(18)26/h2-11,26H,1H3,(H,25,27)/b24-12+. The predicted molar refractivity (Wildman–Crippen MR) is 115 cm³/mol. The van der Waals surface area contributed by atoms with Crippen LogP contribution in [0, 0.1) is 0 Å². The molecule has 2 N–H and O–H groups in total. The fourth-order valence-corrected chi connectivity index (χ4v) is 3.39. The van der Waals surface area contributed by atoms with Gasteiger partial charge in [0.25, 0.3) is 5.91 Å². The highest BCUT2D eigenvalue weighted by Gasteiger charge is 2.13. The first-order valence-electron chi connectivity index (χ1n) is 8.72. The van der Waals surface area contributed by atoms with Gasteiger partial charge in [-0.25, -0.2) is 10.2 Å². The molecule has 1 amide bonds. The Balaban J connectivity index is 1.64. The molecular formula is C22H15BrN2O4. The van der Waals surface area contributed by atoms with Gasteiger partial charge in [-0.1, -0.05) is 40.2 Å². The third-order valence-corrected chi connectivity index (χ3v) is 5.01. The van der Waals surface area contributed by atoms with Crippen molar-refractivity contribution in [2.24, 2.45) is 5.10 Å². The molecule has 0 saturated heterocycles. The highest BCUT2D eigenvalue weighted by molar-refractivity contribution is 9.10. The van der Waals surface area contributed by atoms with Gasteiger partial charge in [0.05, 0.1) is 16.8 Å². The first-order valence-corrected chi connectivity index (χ1v) is 9.52. The van der Waals surface area contributed by atoms with Crippen LogP contribution < -0.4 is 11.1 Å². The van der Waals surface area contributed by atoms with Crippen LogP contribution in [0.1, 0.15) is 22.8 Å². The highest BCUT2D eigenvalue weighted by Crippen LogP contribution is 2.25. The number of aromatic hydroxyl groups is 1. The molecule has 0 radical (unpaired) electrons. The molecule has 0 bridgehead atoms. The van der Waals surface area contributed by atoms with Gasteiger partial charge in [0, 0.05) is 9.86 Å². The van der Waals surface area contributed by atoms with Crippen molar-refractivity contribution in [3.63, 3.8) is 0 Å². The Bertz CT molecular complexity index is 1360. The van der Waals surface area contributed by atoms with E-state index in [9.17, 15) is 14.7 Å². The second kappa shape index (κ2) is 7.52. The van der Waals surface area contributed by atoms with Crippen molar-refractivity contribution in [2.45, 2.75) is 6.92 Å². The minimum absolute atomic E-state index is 0.0923. The minimum Gasteiger partial charge on any atom is -0.507 e. The van der Waals surface area contributed by atoms with Gasteiger partial charge in [-0.05, 0) is 54.1 Å². The number of amides is 1. The molecule has 0 saturated carbocycles. The van der Waals surface area contributed by atoms with Crippen molar-refractivity contribution in [1.82, 2.24) is 5.43 Å². The van der Waals surface area contributed by atoms with Crippen LogP contribution in [0.15, 0.2) is 79.4 Å². The Labute approximate surface area is 173 Å². The zero-order chi connectivity index (χ0) is 20.5. The fourth-order valence-electron chi connectivity index (χ4n) is 3.01. The van der Waals surface area contributed by atoms with Gasteiger partial charge >= 0.3 is 5.63 Å². The summed E-state index contributed by atoms with van der Waals surface area (Å²) in [6, 6.07) is 17.5. The number of carbonyl (C=O) groups excluding carboxylic acids is 1. The summed E-state index contributed by atoms with van der Waals surface area (Å²) in [5.41, 5.74) is 2.91. The number of rotatable bonds is 3. The average molecular weight is 451 g/mol. The molecule has 0 spiro atoms. The number of fused-ring (bicyclic) bond motifs is 2. The Morgan fingerprint density at radius 1 is 1.00 bits per heavy atom. The number of carbonyl (C=O) groups is 1. The molecule has 0 unspecified atom stereocenters. The minimum atomic E-state index is -0.583. The molecule has 0 aliphatic heterocycles.